The van der Waals surface area contributed by atoms with Gasteiger partial charge in [-0.25, -0.2) is 0 Å². The molecule has 0 saturated heterocycles. The minimum absolute atomic E-state index is 0.0790. The topological polar surface area (TPSA) is 17.1 Å². The highest BCUT2D eigenvalue weighted by Gasteiger charge is 2.02. The van der Waals surface area contributed by atoms with Gasteiger partial charge in [0, 0.05) is 25.9 Å². The molecule has 0 radical (unpaired) electrons. The molecule has 0 unspecified atom stereocenters. The summed E-state index contributed by atoms with van der Waals surface area (Å²) in [7, 11) is 0. The summed E-state index contributed by atoms with van der Waals surface area (Å²) >= 11 is 15.1. The number of benzene rings is 1. The summed E-state index contributed by atoms with van der Waals surface area (Å²) in [5, 5.41) is 1.07. The monoisotopic (exact) mass is 318 g/mol. The quantitative estimate of drug-likeness (QED) is 0.699. The van der Waals surface area contributed by atoms with E-state index in [9.17, 15) is 4.79 Å². The first-order valence-corrected chi connectivity index (χ1v) is 8.24. The highest BCUT2D eigenvalue weighted by Crippen LogP contribution is 2.26. The lowest BCUT2D eigenvalue weighted by Gasteiger charge is -2.00. The molecule has 1 nitrogen and oxygen atoms in total. The second kappa shape index (κ2) is 7.95. The van der Waals surface area contributed by atoms with Gasteiger partial charge in [-0.3, -0.25) is 4.79 Å². The molecular formula is C13H12Cl2OS2. The van der Waals surface area contributed by atoms with Crippen LogP contribution in [-0.4, -0.2) is 18.3 Å². The SMILES string of the molecule is CSC(=CC(=O)/C=C/c1c(Cl)cccc1Cl)SC. The van der Waals surface area contributed by atoms with E-state index in [0.29, 0.717) is 15.6 Å². The maximum absolute atomic E-state index is 11.7. The van der Waals surface area contributed by atoms with Crippen molar-refractivity contribution < 1.29 is 4.79 Å². The van der Waals surface area contributed by atoms with Gasteiger partial charge in [-0.05, 0) is 36.8 Å². The number of hydrogen-bond acceptors (Lipinski definition) is 3. The molecule has 18 heavy (non-hydrogen) atoms. The van der Waals surface area contributed by atoms with E-state index in [-0.39, 0.29) is 5.78 Å². The zero-order chi connectivity index (χ0) is 13.5. The van der Waals surface area contributed by atoms with Crippen molar-refractivity contribution in [1.82, 2.24) is 0 Å². The van der Waals surface area contributed by atoms with Gasteiger partial charge in [0.15, 0.2) is 5.78 Å². The molecule has 0 aliphatic rings. The fourth-order valence-corrected chi connectivity index (χ4v) is 2.86. The van der Waals surface area contributed by atoms with E-state index in [0.717, 1.165) is 4.24 Å². The van der Waals surface area contributed by atoms with Crippen LogP contribution in [0.1, 0.15) is 5.56 Å². The highest BCUT2D eigenvalue weighted by molar-refractivity contribution is 8.21. The van der Waals surface area contributed by atoms with Crippen molar-refractivity contribution >= 4 is 58.6 Å². The second-order valence-corrected chi connectivity index (χ2v) is 6.01. The van der Waals surface area contributed by atoms with E-state index in [2.05, 4.69) is 0 Å². The van der Waals surface area contributed by atoms with Gasteiger partial charge >= 0.3 is 0 Å². The number of carbonyl (C=O) groups excluding carboxylic acids is 1. The summed E-state index contributed by atoms with van der Waals surface area (Å²) in [5.74, 6) is -0.0790. The van der Waals surface area contributed by atoms with Gasteiger partial charge < -0.3 is 0 Å². The Hall–Kier alpha value is -0.350. The third-order valence-corrected chi connectivity index (χ3v) is 4.78. The Morgan fingerprint density at radius 2 is 1.72 bits per heavy atom. The van der Waals surface area contributed by atoms with Gasteiger partial charge in [-0.15, -0.1) is 23.5 Å². The van der Waals surface area contributed by atoms with Crippen molar-refractivity contribution in [2.24, 2.45) is 0 Å². The molecule has 0 heterocycles. The third-order valence-electron chi connectivity index (χ3n) is 2.08. The molecule has 0 spiro atoms. The Morgan fingerprint density at radius 3 is 2.22 bits per heavy atom. The van der Waals surface area contributed by atoms with Crippen molar-refractivity contribution in [1.29, 1.82) is 0 Å². The standard InChI is InChI=1S/C13H12Cl2OS2/c1-17-13(18-2)8-9(16)6-7-10-11(14)4-3-5-12(10)15/h3-8H,1-2H3/b7-6+. The van der Waals surface area contributed by atoms with Gasteiger partial charge in [-0.2, -0.15) is 0 Å². The van der Waals surface area contributed by atoms with Gasteiger partial charge in [0.2, 0.25) is 0 Å². The van der Waals surface area contributed by atoms with Crippen LogP contribution in [0.3, 0.4) is 0 Å². The Kier molecular flexibility index (Phi) is 6.94. The molecule has 0 aliphatic heterocycles. The van der Waals surface area contributed by atoms with Crippen LogP contribution in [0, 0.1) is 0 Å². The zero-order valence-electron chi connectivity index (χ0n) is 9.94. The Labute approximate surface area is 126 Å². The summed E-state index contributed by atoms with van der Waals surface area (Å²) in [6.07, 6.45) is 8.58. The average Bonchev–Trinajstić information content (AvgIpc) is 2.35. The maximum Gasteiger partial charge on any atom is 0.180 e. The molecule has 0 bridgehead atoms. The minimum atomic E-state index is -0.0790. The zero-order valence-corrected chi connectivity index (χ0v) is 13.1. The van der Waals surface area contributed by atoms with Gasteiger partial charge in [-0.1, -0.05) is 29.3 Å². The summed E-state index contributed by atoms with van der Waals surface area (Å²) in [6.45, 7) is 0. The molecular weight excluding hydrogens is 307 g/mol. The third kappa shape index (κ3) is 4.73. The van der Waals surface area contributed by atoms with E-state index in [1.165, 1.54) is 6.08 Å². The predicted octanol–water partition coefficient (Wildman–Crippen LogP) is 5.14. The molecule has 0 aromatic heterocycles. The number of allylic oxidation sites excluding steroid dienone is 2. The first kappa shape index (κ1) is 15.7. The van der Waals surface area contributed by atoms with E-state index >= 15 is 0 Å². The molecule has 0 amide bonds. The summed E-state index contributed by atoms with van der Waals surface area (Å²) in [5.41, 5.74) is 0.664. The normalized spacial score (nSPS) is 10.7. The summed E-state index contributed by atoms with van der Waals surface area (Å²) in [6, 6.07) is 5.24. The van der Waals surface area contributed by atoms with Crippen molar-refractivity contribution in [2.75, 3.05) is 12.5 Å². The van der Waals surface area contributed by atoms with Crippen LogP contribution in [0.5, 0.6) is 0 Å². The number of halogens is 2. The number of rotatable bonds is 5. The number of thioether (sulfide) groups is 2. The van der Waals surface area contributed by atoms with Crippen LogP contribution in [0.15, 0.2) is 34.6 Å². The van der Waals surface area contributed by atoms with E-state index in [1.54, 1.807) is 53.9 Å². The first-order chi connectivity index (χ1) is 8.58. The summed E-state index contributed by atoms with van der Waals surface area (Å²) < 4.78 is 0.968. The molecule has 1 rings (SSSR count). The highest BCUT2D eigenvalue weighted by atomic mass is 35.5. The molecule has 96 valence electrons. The van der Waals surface area contributed by atoms with E-state index in [4.69, 9.17) is 23.2 Å². The van der Waals surface area contributed by atoms with Gasteiger partial charge in [0.05, 0.1) is 0 Å². The van der Waals surface area contributed by atoms with Crippen LogP contribution >= 0.6 is 46.7 Å². The molecule has 0 N–H and O–H groups in total. The van der Waals surface area contributed by atoms with Crippen LogP contribution in [0.25, 0.3) is 6.08 Å². The lowest BCUT2D eigenvalue weighted by atomic mass is 10.2. The smallest absolute Gasteiger partial charge is 0.180 e. The van der Waals surface area contributed by atoms with Crippen molar-refractivity contribution in [3.05, 3.63) is 50.2 Å². The van der Waals surface area contributed by atoms with Crippen molar-refractivity contribution in [3.63, 3.8) is 0 Å². The fraction of sp³-hybridized carbons (Fsp3) is 0.154. The summed E-state index contributed by atoms with van der Waals surface area (Å²) in [4.78, 5) is 11.7. The lowest BCUT2D eigenvalue weighted by Crippen LogP contribution is -1.87. The maximum atomic E-state index is 11.7. The van der Waals surface area contributed by atoms with Crippen LogP contribution < -0.4 is 0 Å². The van der Waals surface area contributed by atoms with Gasteiger partial charge in [0.25, 0.3) is 0 Å². The van der Waals surface area contributed by atoms with E-state index in [1.807, 2.05) is 12.5 Å². The largest absolute Gasteiger partial charge is 0.290 e. The Balaban J connectivity index is 2.88. The number of ketones is 1. The Bertz CT molecular complexity index is 470. The molecule has 0 aliphatic carbocycles. The molecule has 0 saturated carbocycles. The van der Waals surface area contributed by atoms with Crippen LogP contribution in [0.4, 0.5) is 0 Å². The molecule has 0 atom stereocenters. The van der Waals surface area contributed by atoms with Crippen LogP contribution in [-0.2, 0) is 4.79 Å². The second-order valence-electron chi connectivity index (χ2n) is 3.24. The van der Waals surface area contributed by atoms with Crippen LogP contribution in [0.2, 0.25) is 10.0 Å². The minimum Gasteiger partial charge on any atom is -0.290 e. The molecule has 5 heteroatoms. The molecule has 1 aromatic rings. The molecule has 0 fully saturated rings. The lowest BCUT2D eigenvalue weighted by molar-refractivity contribution is -0.110. The van der Waals surface area contributed by atoms with E-state index < -0.39 is 0 Å². The first-order valence-electron chi connectivity index (χ1n) is 5.04. The van der Waals surface area contributed by atoms with Crippen molar-refractivity contribution in [2.45, 2.75) is 0 Å². The number of carbonyl (C=O) groups is 1. The Morgan fingerprint density at radius 1 is 1.17 bits per heavy atom. The molecule has 1 aromatic carbocycles. The predicted molar refractivity (Wildman–Crippen MR) is 85.6 cm³/mol. The van der Waals surface area contributed by atoms with Gasteiger partial charge in [0.1, 0.15) is 0 Å². The van der Waals surface area contributed by atoms with Crippen molar-refractivity contribution in [3.8, 4) is 0 Å². The average molecular weight is 319 g/mol. The number of hydrogen-bond donors (Lipinski definition) is 0. The fourth-order valence-electron chi connectivity index (χ4n) is 1.20.